The molecule has 0 aliphatic rings. The van der Waals surface area contributed by atoms with Crippen molar-refractivity contribution in [2.75, 3.05) is 13.7 Å². The number of rotatable bonds is 6. The maximum Gasteiger partial charge on any atom is 0.350 e. The lowest BCUT2D eigenvalue weighted by molar-refractivity contribution is -0.137. The molecule has 0 radical (unpaired) electrons. The maximum absolute atomic E-state index is 11.8. The molecule has 1 rings (SSSR count). The minimum atomic E-state index is -1.81. The fourth-order valence-electron chi connectivity index (χ4n) is 1.65. The zero-order valence-corrected chi connectivity index (χ0v) is 17.8. The van der Waals surface area contributed by atoms with Gasteiger partial charge in [0.15, 0.2) is 14.4 Å². The third-order valence-electron chi connectivity index (χ3n) is 4.30. The minimum absolute atomic E-state index is 0.144. The highest BCUT2D eigenvalue weighted by Gasteiger charge is 2.36. The normalized spacial score (nSPS) is 13.0. The van der Waals surface area contributed by atoms with Crippen LogP contribution in [0, 0.1) is 11.8 Å². The number of benzene rings is 1. The monoisotopic (exact) mass is 375 g/mol. The number of aliphatic imine (C=N–C) groups is 1. The van der Waals surface area contributed by atoms with Crippen molar-refractivity contribution < 1.29 is 18.7 Å². The topological polar surface area (TPSA) is 57.1 Å². The molecule has 6 heteroatoms. The highest BCUT2D eigenvalue weighted by atomic mass is 28.4. The average Bonchev–Trinajstić information content (AvgIpc) is 2.56. The van der Waals surface area contributed by atoms with Crippen LogP contribution in [-0.4, -0.2) is 40.3 Å². The first kappa shape index (κ1) is 21.9. The predicted molar refractivity (Wildman–Crippen MR) is 108 cm³/mol. The molecule has 0 amide bonds. The van der Waals surface area contributed by atoms with E-state index in [-0.39, 0.29) is 5.04 Å². The lowest BCUT2D eigenvalue weighted by Gasteiger charge is -2.35. The highest BCUT2D eigenvalue weighted by Crippen LogP contribution is 2.36. The molecule has 26 heavy (non-hydrogen) atoms. The zero-order chi connectivity index (χ0) is 19.8. The van der Waals surface area contributed by atoms with Crippen LogP contribution in [0.1, 0.15) is 27.7 Å². The van der Waals surface area contributed by atoms with E-state index in [1.807, 2.05) is 0 Å². The number of methoxy groups -OCH3 is 1. The second-order valence-electron chi connectivity index (χ2n) is 7.41. The molecule has 1 aromatic rings. The molecular weight excluding hydrogens is 346 g/mol. The Bertz CT molecular complexity index is 678. The molecule has 0 bridgehead atoms. The molecule has 1 aromatic carbocycles. The van der Waals surface area contributed by atoms with Crippen LogP contribution < -0.4 is 4.74 Å². The van der Waals surface area contributed by atoms with E-state index in [0.717, 1.165) is 12.0 Å². The van der Waals surface area contributed by atoms with Gasteiger partial charge >= 0.3 is 5.97 Å². The van der Waals surface area contributed by atoms with Gasteiger partial charge in [0.1, 0.15) is 12.0 Å². The van der Waals surface area contributed by atoms with Crippen LogP contribution in [0.25, 0.3) is 0 Å². The maximum atomic E-state index is 11.8. The van der Waals surface area contributed by atoms with Gasteiger partial charge in [-0.2, -0.15) is 0 Å². The van der Waals surface area contributed by atoms with Crippen molar-refractivity contribution in [1.29, 1.82) is 0 Å². The predicted octanol–water partition coefficient (Wildman–Crippen LogP) is 4.35. The van der Waals surface area contributed by atoms with Gasteiger partial charge in [0.2, 0.25) is 0 Å². The molecule has 1 atom stereocenters. The summed E-state index contributed by atoms with van der Waals surface area (Å²) in [6.07, 6.45) is 0.624. The third-order valence-corrected chi connectivity index (χ3v) is 8.78. The number of carbonyl (C=O) groups excluding carboxylic acids is 1. The minimum Gasteiger partial charge on any atom is -0.497 e. The largest absolute Gasteiger partial charge is 0.497 e. The summed E-state index contributed by atoms with van der Waals surface area (Å²) < 4.78 is 16.2. The molecule has 0 saturated carbocycles. The summed E-state index contributed by atoms with van der Waals surface area (Å²) in [6.45, 7) is 13.0. The first-order chi connectivity index (χ1) is 12.0. The molecule has 0 fully saturated rings. The Labute approximate surface area is 157 Å². The van der Waals surface area contributed by atoms with Gasteiger partial charge in [0.25, 0.3) is 0 Å². The molecule has 0 spiro atoms. The van der Waals surface area contributed by atoms with Crippen LogP contribution in [0.4, 0.5) is 5.69 Å². The number of ether oxygens (including phenoxy) is 2. The van der Waals surface area contributed by atoms with Gasteiger partial charge in [-0.25, -0.2) is 9.79 Å². The summed E-state index contributed by atoms with van der Waals surface area (Å²) in [5.41, 5.74) is 0.643. The smallest absolute Gasteiger partial charge is 0.350 e. The molecular formula is C20H29NO4Si. The molecule has 0 N–H and O–H groups in total. The van der Waals surface area contributed by atoms with Crippen LogP contribution in [0.5, 0.6) is 5.75 Å². The standard InChI is InChI=1S/C20H29NO4Si/c1-16(9-8-14-24-26(6,7)20(2,3)4)25-19(22)15-21-17-10-12-18(23-5)13-11-17/h10-13,15-16H,14H2,1-7H3. The molecule has 142 valence electrons. The summed E-state index contributed by atoms with van der Waals surface area (Å²) in [6, 6.07) is 7.05. The van der Waals surface area contributed by atoms with Crippen LogP contribution in [-0.2, 0) is 14.0 Å². The Hall–Kier alpha value is -2.10. The van der Waals surface area contributed by atoms with E-state index < -0.39 is 20.4 Å². The molecule has 0 heterocycles. The van der Waals surface area contributed by atoms with Crippen molar-refractivity contribution >= 4 is 26.2 Å². The van der Waals surface area contributed by atoms with Gasteiger partial charge in [0.05, 0.1) is 19.4 Å². The molecule has 5 nitrogen and oxygen atoms in total. The van der Waals surface area contributed by atoms with Crippen molar-refractivity contribution in [3.8, 4) is 17.6 Å². The van der Waals surface area contributed by atoms with Gasteiger partial charge in [-0.15, -0.1) is 0 Å². The Balaban J connectivity index is 2.46. The Morgan fingerprint density at radius 3 is 2.42 bits per heavy atom. The number of carbonyl (C=O) groups is 1. The molecule has 0 saturated heterocycles. The average molecular weight is 376 g/mol. The molecule has 1 unspecified atom stereocenters. The first-order valence-corrected chi connectivity index (χ1v) is 11.5. The molecule has 0 aromatic heterocycles. The second kappa shape index (κ2) is 9.55. The summed E-state index contributed by atoms with van der Waals surface area (Å²) in [7, 11) is -0.214. The Kier molecular flexibility index (Phi) is 8.06. The van der Waals surface area contributed by atoms with Crippen molar-refractivity contribution in [2.45, 2.75) is 51.9 Å². The van der Waals surface area contributed by atoms with E-state index in [0.29, 0.717) is 12.3 Å². The number of hydrogen-bond acceptors (Lipinski definition) is 5. The first-order valence-electron chi connectivity index (χ1n) is 8.56. The van der Waals surface area contributed by atoms with Gasteiger partial charge in [-0.3, -0.25) is 0 Å². The van der Waals surface area contributed by atoms with Crippen molar-refractivity contribution in [1.82, 2.24) is 0 Å². The lowest BCUT2D eigenvalue weighted by atomic mass is 10.2. The van der Waals surface area contributed by atoms with Crippen molar-refractivity contribution in [2.24, 2.45) is 4.99 Å². The van der Waals surface area contributed by atoms with Crippen LogP contribution >= 0.6 is 0 Å². The summed E-state index contributed by atoms with van der Waals surface area (Å²) in [5, 5.41) is 0.144. The van der Waals surface area contributed by atoms with E-state index in [9.17, 15) is 4.79 Å². The number of nitrogens with zero attached hydrogens (tertiary/aromatic N) is 1. The summed E-state index contributed by atoms with van der Waals surface area (Å²) in [4.78, 5) is 15.9. The van der Waals surface area contributed by atoms with Gasteiger partial charge in [-0.05, 0) is 49.3 Å². The van der Waals surface area contributed by atoms with Crippen LogP contribution in [0.3, 0.4) is 0 Å². The van der Waals surface area contributed by atoms with Crippen LogP contribution in [0.2, 0.25) is 18.1 Å². The number of esters is 1. The summed E-state index contributed by atoms with van der Waals surface area (Å²) in [5.74, 6) is 6.01. The fourth-order valence-corrected chi connectivity index (χ4v) is 2.51. The van der Waals surface area contributed by atoms with E-state index in [1.165, 1.54) is 0 Å². The second-order valence-corrected chi connectivity index (χ2v) is 12.2. The molecule has 0 aliphatic heterocycles. The Morgan fingerprint density at radius 1 is 1.27 bits per heavy atom. The van der Waals surface area contributed by atoms with Gasteiger partial charge in [-0.1, -0.05) is 32.6 Å². The van der Waals surface area contributed by atoms with E-state index in [4.69, 9.17) is 13.9 Å². The zero-order valence-electron chi connectivity index (χ0n) is 16.8. The Morgan fingerprint density at radius 2 is 1.88 bits per heavy atom. The van der Waals surface area contributed by atoms with Crippen molar-refractivity contribution in [3.05, 3.63) is 24.3 Å². The van der Waals surface area contributed by atoms with Crippen LogP contribution in [0.15, 0.2) is 29.3 Å². The van der Waals surface area contributed by atoms with Gasteiger partial charge in [0, 0.05) is 0 Å². The van der Waals surface area contributed by atoms with Gasteiger partial charge < -0.3 is 13.9 Å². The quantitative estimate of drug-likeness (QED) is 0.321. The summed E-state index contributed by atoms with van der Waals surface area (Å²) >= 11 is 0. The third kappa shape index (κ3) is 7.42. The van der Waals surface area contributed by atoms with E-state index in [1.54, 1.807) is 38.3 Å². The highest BCUT2D eigenvalue weighted by molar-refractivity contribution is 6.74. The molecule has 0 aliphatic carbocycles. The van der Waals surface area contributed by atoms with E-state index >= 15 is 0 Å². The van der Waals surface area contributed by atoms with E-state index in [2.05, 4.69) is 50.7 Å². The SMILES string of the molecule is COc1ccc(N=CC(=O)OC(C)C#CCO[Si](C)(C)C(C)(C)C)cc1. The van der Waals surface area contributed by atoms with Crippen molar-refractivity contribution in [3.63, 3.8) is 0 Å². The lowest BCUT2D eigenvalue weighted by Crippen LogP contribution is -2.40. The number of hydrogen-bond donors (Lipinski definition) is 0. The fraction of sp³-hybridized carbons (Fsp3) is 0.500.